The van der Waals surface area contributed by atoms with Gasteiger partial charge in [0.2, 0.25) is 0 Å². The summed E-state index contributed by atoms with van der Waals surface area (Å²) in [7, 11) is 0. The largest absolute Gasteiger partial charge is 0.322 e. The number of rotatable bonds is 7. The Morgan fingerprint density at radius 2 is 1.94 bits per heavy atom. The molecule has 0 saturated heterocycles. The zero-order valence-corrected chi connectivity index (χ0v) is 11.6. The van der Waals surface area contributed by atoms with Gasteiger partial charge in [-0.3, -0.25) is 4.79 Å². The molecule has 1 rings (SSSR count). The number of nitrogens with two attached hydrogens (primary N) is 1. The normalized spacial score (nSPS) is 21.1. The third-order valence-electron chi connectivity index (χ3n) is 4.21. The molecule has 0 spiro atoms. The third kappa shape index (κ3) is 6.21. The lowest BCUT2D eigenvalue weighted by atomic mass is 9.84. The van der Waals surface area contributed by atoms with Crippen LogP contribution in [0.4, 0.5) is 0 Å². The van der Waals surface area contributed by atoms with Gasteiger partial charge < -0.3 is 5.73 Å². The monoisotopic (exact) mass is 239 g/mol. The highest BCUT2D eigenvalue weighted by Gasteiger charge is 2.15. The highest BCUT2D eigenvalue weighted by atomic mass is 16.1. The average Bonchev–Trinajstić information content (AvgIpc) is 2.30. The van der Waals surface area contributed by atoms with Crippen LogP contribution in [-0.2, 0) is 4.79 Å². The van der Waals surface area contributed by atoms with E-state index in [1.54, 1.807) is 6.92 Å². The van der Waals surface area contributed by atoms with Crippen LogP contribution < -0.4 is 5.73 Å². The van der Waals surface area contributed by atoms with E-state index in [9.17, 15) is 4.79 Å². The molecule has 0 amide bonds. The van der Waals surface area contributed by atoms with E-state index < -0.39 is 0 Å². The van der Waals surface area contributed by atoms with Crippen molar-refractivity contribution in [3.8, 4) is 0 Å². The third-order valence-corrected chi connectivity index (χ3v) is 4.21. The Morgan fingerprint density at radius 3 is 2.53 bits per heavy atom. The summed E-state index contributed by atoms with van der Waals surface area (Å²) in [6.45, 7) is 3.82. The van der Waals surface area contributed by atoms with Crippen molar-refractivity contribution in [2.75, 3.05) is 0 Å². The van der Waals surface area contributed by atoms with E-state index in [1.807, 2.05) is 0 Å². The maximum absolute atomic E-state index is 11.1. The van der Waals surface area contributed by atoms with Gasteiger partial charge in [-0.15, -0.1) is 0 Å². The van der Waals surface area contributed by atoms with E-state index in [0.29, 0.717) is 5.92 Å². The number of carbonyl (C=O) groups is 1. The van der Waals surface area contributed by atoms with Crippen molar-refractivity contribution in [1.82, 2.24) is 0 Å². The molecule has 0 heterocycles. The molecular formula is C15H29NO. The quantitative estimate of drug-likeness (QED) is 0.736. The summed E-state index contributed by atoms with van der Waals surface area (Å²) in [6.07, 6.45) is 12.0. The van der Waals surface area contributed by atoms with E-state index >= 15 is 0 Å². The Bertz CT molecular complexity index is 221. The molecule has 0 aromatic heterocycles. The number of ketones is 1. The number of Topliss-reactive ketones (excluding diaryl/α,β-unsaturated/α-hetero) is 1. The fourth-order valence-electron chi connectivity index (χ4n) is 2.95. The van der Waals surface area contributed by atoms with E-state index in [1.165, 1.54) is 51.4 Å². The van der Waals surface area contributed by atoms with Crippen LogP contribution in [0.2, 0.25) is 0 Å². The van der Waals surface area contributed by atoms with Gasteiger partial charge in [-0.05, 0) is 25.2 Å². The van der Waals surface area contributed by atoms with Gasteiger partial charge in [0.05, 0.1) is 6.04 Å². The first-order chi connectivity index (χ1) is 8.09. The van der Waals surface area contributed by atoms with Crippen molar-refractivity contribution in [2.45, 2.75) is 77.7 Å². The highest BCUT2D eigenvalue weighted by Crippen LogP contribution is 2.28. The van der Waals surface area contributed by atoms with E-state index in [2.05, 4.69) is 6.92 Å². The molecule has 100 valence electrons. The molecule has 1 aliphatic rings. The molecule has 2 heteroatoms. The Balaban J connectivity index is 2.06. The summed E-state index contributed by atoms with van der Waals surface area (Å²) in [5, 5.41) is 0. The number of hydrogen-bond donors (Lipinski definition) is 1. The molecule has 2 nitrogen and oxygen atoms in total. The van der Waals surface area contributed by atoms with Gasteiger partial charge in [-0.25, -0.2) is 0 Å². The molecule has 17 heavy (non-hydrogen) atoms. The SMILES string of the molecule is CC(=O)[C@@H](N)C[C@@H](C)CCCC1CCCCC1. The minimum atomic E-state index is -0.236. The second kappa shape index (κ2) is 7.86. The summed E-state index contributed by atoms with van der Waals surface area (Å²) in [5.74, 6) is 1.71. The molecule has 1 aliphatic carbocycles. The van der Waals surface area contributed by atoms with Gasteiger partial charge in [0.25, 0.3) is 0 Å². The highest BCUT2D eigenvalue weighted by molar-refractivity contribution is 5.81. The number of hydrogen-bond acceptors (Lipinski definition) is 2. The fraction of sp³-hybridized carbons (Fsp3) is 0.933. The first-order valence-electron chi connectivity index (χ1n) is 7.35. The molecule has 0 aromatic rings. The van der Waals surface area contributed by atoms with Gasteiger partial charge in [0, 0.05) is 0 Å². The molecule has 0 aromatic carbocycles. The molecule has 1 saturated carbocycles. The maximum Gasteiger partial charge on any atom is 0.146 e. The minimum absolute atomic E-state index is 0.129. The van der Waals surface area contributed by atoms with E-state index in [-0.39, 0.29) is 11.8 Å². The zero-order chi connectivity index (χ0) is 12.7. The lowest BCUT2D eigenvalue weighted by molar-refractivity contribution is -0.118. The first-order valence-corrected chi connectivity index (χ1v) is 7.35. The van der Waals surface area contributed by atoms with Crippen LogP contribution in [0.25, 0.3) is 0 Å². The Morgan fingerprint density at radius 1 is 1.29 bits per heavy atom. The second-order valence-corrected chi connectivity index (χ2v) is 5.99. The topological polar surface area (TPSA) is 43.1 Å². The summed E-state index contributed by atoms with van der Waals surface area (Å²) < 4.78 is 0. The molecule has 2 atom stereocenters. The first kappa shape index (κ1) is 14.7. The van der Waals surface area contributed by atoms with E-state index in [4.69, 9.17) is 5.73 Å². The smallest absolute Gasteiger partial charge is 0.146 e. The lowest BCUT2D eigenvalue weighted by Crippen LogP contribution is -2.30. The average molecular weight is 239 g/mol. The second-order valence-electron chi connectivity index (χ2n) is 5.99. The van der Waals surface area contributed by atoms with Crippen LogP contribution in [0.5, 0.6) is 0 Å². The van der Waals surface area contributed by atoms with Gasteiger partial charge in [0.1, 0.15) is 5.78 Å². The van der Waals surface area contributed by atoms with Crippen LogP contribution in [0.3, 0.4) is 0 Å². The summed E-state index contributed by atoms with van der Waals surface area (Å²) in [5.41, 5.74) is 5.78. The van der Waals surface area contributed by atoms with Crippen molar-refractivity contribution in [3.05, 3.63) is 0 Å². The summed E-state index contributed by atoms with van der Waals surface area (Å²) in [6, 6.07) is -0.236. The molecular weight excluding hydrogens is 210 g/mol. The zero-order valence-electron chi connectivity index (χ0n) is 11.6. The molecule has 1 fully saturated rings. The predicted molar refractivity (Wildman–Crippen MR) is 72.9 cm³/mol. The Labute approximate surface area is 106 Å². The van der Waals surface area contributed by atoms with E-state index in [0.717, 1.165) is 12.3 Å². The Kier molecular flexibility index (Phi) is 6.79. The number of carbonyl (C=O) groups excluding carboxylic acids is 1. The van der Waals surface area contributed by atoms with Crippen LogP contribution in [0, 0.1) is 11.8 Å². The van der Waals surface area contributed by atoms with Crippen molar-refractivity contribution < 1.29 is 4.79 Å². The predicted octanol–water partition coefficient (Wildman–Crippen LogP) is 3.68. The summed E-state index contributed by atoms with van der Waals surface area (Å²) >= 11 is 0. The van der Waals surface area contributed by atoms with Crippen LogP contribution in [0.15, 0.2) is 0 Å². The molecule has 0 bridgehead atoms. The Hall–Kier alpha value is -0.370. The standard InChI is InChI=1S/C15H29NO/c1-12(11-15(16)13(2)17)7-6-10-14-8-4-3-5-9-14/h12,14-15H,3-11,16H2,1-2H3/t12-,15-/m0/s1. The molecule has 2 N–H and O–H groups in total. The van der Waals surface area contributed by atoms with Crippen LogP contribution >= 0.6 is 0 Å². The fourth-order valence-corrected chi connectivity index (χ4v) is 2.95. The van der Waals surface area contributed by atoms with Crippen molar-refractivity contribution in [3.63, 3.8) is 0 Å². The molecule has 0 radical (unpaired) electrons. The van der Waals surface area contributed by atoms with Crippen molar-refractivity contribution in [1.29, 1.82) is 0 Å². The lowest BCUT2D eigenvalue weighted by Gasteiger charge is -2.22. The van der Waals surface area contributed by atoms with Crippen molar-refractivity contribution >= 4 is 5.78 Å². The van der Waals surface area contributed by atoms with Gasteiger partial charge >= 0.3 is 0 Å². The molecule has 0 aliphatic heterocycles. The minimum Gasteiger partial charge on any atom is -0.322 e. The molecule has 0 unspecified atom stereocenters. The van der Waals surface area contributed by atoms with Crippen LogP contribution in [0.1, 0.15) is 71.6 Å². The van der Waals surface area contributed by atoms with Gasteiger partial charge in [-0.1, -0.05) is 58.3 Å². The van der Waals surface area contributed by atoms with Gasteiger partial charge in [-0.2, -0.15) is 0 Å². The van der Waals surface area contributed by atoms with Gasteiger partial charge in [0.15, 0.2) is 0 Å². The van der Waals surface area contributed by atoms with Crippen molar-refractivity contribution in [2.24, 2.45) is 17.6 Å². The maximum atomic E-state index is 11.1. The van der Waals surface area contributed by atoms with Crippen LogP contribution in [-0.4, -0.2) is 11.8 Å². The summed E-state index contributed by atoms with van der Waals surface area (Å²) in [4.78, 5) is 11.1.